The third-order valence-electron chi connectivity index (χ3n) is 3.33. The van der Waals surface area contributed by atoms with Crippen LogP contribution in [0.15, 0.2) is 0 Å². The van der Waals surface area contributed by atoms with Crippen LogP contribution in [0.25, 0.3) is 0 Å². The van der Waals surface area contributed by atoms with Crippen LogP contribution in [0.2, 0.25) is 0 Å². The maximum Gasteiger partial charge on any atom is -0.00161 e. The van der Waals surface area contributed by atoms with Crippen molar-refractivity contribution in [3.05, 3.63) is 0 Å². The number of rotatable bonds is 6. The molecule has 0 radical (unpaired) electrons. The van der Waals surface area contributed by atoms with Crippen molar-refractivity contribution in [3.8, 4) is 0 Å². The van der Waals surface area contributed by atoms with Gasteiger partial charge in [-0.25, -0.2) is 0 Å². The van der Waals surface area contributed by atoms with Crippen LogP contribution < -0.4 is 5.73 Å². The zero-order chi connectivity index (χ0) is 10.2. The molecule has 2 nitrogen and oxygen atoms in total. The summed E-state index contributed by atoms with van der Waals surface area (Å²) in [4.78, 5) is 2.61. The molecule has 0 amide bonds. The lowest BCUT2D eigenvalue weighted by Crippen LogP contribution is -2.34. The molecule has 1 heterocycles. The van der Waals surface area contributed by atoms with Gasteiger partial charge in [0.1, 0.15) is 0 Å². The van der Waals surface area contributed by atoms with Gasteiger partial charge in [0.15, 0.2) is 0 Å². The smallest absolute Gasteiger partial charge is 0.00161 e. The Bertz CT molecular complexity index is 128. The van der Waals surface area contributed by atoms with E-state index in [1.54, 1.807) is 0 Å². The van der Waals surface area contributed by atoms with Crippen molar-refractivity contribution < 1.29 is 0 Å². The van der Waals surface area contributed by atoms with Gasteiger partial charge in [-0.2, -0.15) is 0 Å². The van der Waals surface area contributed by atoms with Crippen molar-refractivity contribution >= 4 is 0 Å². The molecular formula is C12H26N2. The molecular weight excluding hydrogens is 172 g/mol. The van der Waals surface area contributed by atoms with E-state index in [1.165, 1.54) is 58.2 Å². The average molecular weight is 198 g/mol. The van der Waals surface area contributed by atoms with Crippen LogP contribution in [0, 0.1) is 5.92 Å². The predicted molar refractivity (Wildman–Crippen MR) is 62.4 cm³/mol. The Hall–Kier alpha value is -0.0800. The molecule has 0 aromatic rings. The molecule has 2 N–H and O–H groups in total. The van der Waals surface area contributed by atoms with Crippen LogP contribution in [0.1, 0.15) is 45.4 Å². The van der Waals surface area contributed by atoms with E-state index in [0.717, 1.165) is 12.5 Å². The number of likely N-dealkylation sites (tertiary alicyclic amines) is 1. The fourth-order valence-corrected chi connectivity index (χ4v) is 2.39. The summed E-state index contributed by atoms with van der Waals surface area (Å²) in [5.41, 5.74) is 5.49. The maximum atomic E-state index is 5.49. The van der Waals surface area contributed by atoms with Gasteiger partial charge in [-0.3, -0.25) is 0 Å². The first kappa shape index (κ1) is 12.0. The summed E-state index contributed by atoms with van der Waals surface area (Å²) in [5.74, 6) is 1.02. The number of nitrogens with two attached hydrogens (primary N) is 1. The number of piperidine rings is 1. The molecule has 0 aliphatic carbocycles. The number of hydrogen-bond acceptors (Lipinski definition) is 2. The molecule has 1 aliphatic heterocycles. The minimum Gasteiger partial charge on any atom is -0.330 e. The second kappa shape index (κ2) is 7.24. The number of hydrogen-bond donors (Lipinski definition) is 1. The van der Waals surface area contributed by atoms with Gasteiger partial charge in [-0.1, -0.05) is 19.8 Å². The summed E-state index contributed by atoms with van der Waals surface area (Å²) in [6, 6.07) is 0. The van der Waals surface area contributed by atoms with E-state index in [2.05, 4.69) is 11.8 Å². The Labute approximate surface area is 88.8 Å². The van der Waals surface area contributed by atoms with E-state index in [1.807, 2.05) is 0 Å². The summed E-state index contributed by atoms with van der Waals surface area (Å²) >= 11 is 0. The zero-order valence-corrected chi connectivity index (χ0v) is 9.67. The van der Waals surface area contributed by atoms with E-state index in [-0.39, 0.29) is 0 Å². The molecule has 2 heteroatoms. The monoisotopic (exact) mass is 198 g/mol. The Morgan fingerprint density at radius 3 is 2.50 bits per heavy atom. The molecule has 0 aromatic carbocycles. The van der Waals surface area contributed by atoms with Gasteiger partial charge in [-0.15, -0.1) is 0 Å². The van der Waals surface area contributed by atoms with Crippen molar-refractivity contribution in [1.29, 1.82) is 0 Å². The largest absolute Gasteiger partial charge is 0.330 e. The summed E-state index contributed by atoms with van der Waals surface area (Å²) in [6.45, 7) is 7.08. The molecule has 0 aromatic heterocycles. The molecule has 0 atom stereocenters. The van der Waals surface area contributed by atoms with E-state index >= 15 is 0 Å². The predicted octanol–water partition coefficient (Wildman–Crippen LogP) is 2.24. The van der Waals surface area contributed by atoms with Crippen LogP contribution in [0.4, 0.5) is 0 Å². The SMILES string of the molecule is CCCC1CCN(CCCCN)CC1. The lowest BCUT2D eigenvalue weighted by Gasteiger charge is -2.31. The summed E-state index contributed by atoms with van der Waals surface area (Å²) in [6.07, 6.45) is 8.13. The van der Waals surface area contributed by atoms with Gasteiger partial charge in [0, 0.05) is 0 Å². The third-order valence-corrected chi connectivity index (χ3v) is 3.33. The lowest BCUT2D eigenvalue weighted by atomic mass is 9.92. The second-order valence-corrected chi connectivity index (χ2v) is 4.57. The third kappa shape index (κ3) is 4.43. The minimum absolute atomic E-state index is 0.853. The van der Waals surface area contributed by atoms with E-state index in [9.17, 15) is 0 Å². The molecule has 1 fully saturated rings. The number of nitrogens with zero attached hydrogens (tertiary/aromatic N) is 1. The van der Waals surface area contributed by atoms with Crippen LogP contribution in [0.5, 0.6) is 0 Å². The van der Waals surface area contributed by atoms with Gasteiger partial charge in [0.05, 0.1) is 0 Å². The van der Waals surface area contributed by atoms with Crippen LogP contribution in [-0.2, 0) is 0 Å². The van der Waals surface area contributed by atoms with E-state index in [0.29, 0.717) is 0 Å². The minimum atomic E-state index is 0.853. The maximum absolute atomic E-state index is 5.49. The highest BCUT2D eigenvalue weighted by Crippen LogP contribution is 2.21. The van der Waals surface area contributed by atoms with Gasteiger partial charge < -0.3 is 10.6 Å². The van der Waals surface area contributed by atoms with Gasteiger partial charge >= 0.3 is 0 Å². The fourth-order valence-electron chi connectivity index (χ4n) is 2.39. The van der Waals surface area contributed by atoms with Crippen LogP contribution in [-0.4, -0.2) is 31.1 Å². The first-order valence-corrected chi connectivity index (χ1v) is 6.29. The molecule has 0 bridgehead atoms. The first-order chi connectivity index (χ1) is 6.86. The normalized spacial score (nSPS) is 20.1. The van der Waals surface area contributed by atoms with Crippen molar-refractivity contribution in [2.45, 2.75) is 45.4 Å². The van der Waals surface area contributed by atoms with E-state index in [4.69, 9.17) is 5.73 Å². The molecule has 1 aliphatic rings. The summed E-state index contributed by atoms with van der Waals surface area (Å²) in [7, 11) is 0. The second-order valence-electron chi connectivity index (χ2n) is 4.57. The number of unbranched alkanes of at least 4 members (excludes halogenated alkanes) is 1. The van der Waals surface area contributed by atoms with Gasteiger partial charge in [0.2, 0.25) is 0 Å². The van der Waals surface area contributed by atoms with Gasteiger partial charge in [0.25, 0.3) is 0 Å². The average Bonchev–Trinajstić information content (AvgIpc) is 2.21. The highest BCUT2D eigenvalue weighted by Gasteiger charge is 2.17. The summed E-state index contributed by atoms with van der Waals surface area (Å²) in [5, 5.41) is 0. The highest BCUT2D eigenvalue weighted by molar-refractivity contribution is 4.71. The Balaban J connectivity index is 2.03. The first-order valence-electron chi connectivity index (χ1n) is 6.29. The highest BCUT2D eigenvalue weighted by atomic mass is 15.1. The standard InChI is InChI=1S/C12H26N2/c1-2-5-12-6-10-14(11-7-12)9-4-3-8-13/h12H,2-11,13H2,1H3. The quantitative estimate of drug-likeness (QED) is 0.663. The van der Waals surface area contributed by atoms with Crippen molar-refractivity contribution in [3.63, 3.8) is 0 Å². The molecule has 14 heavy (non-hydrogen) atoms. The molecule has 0 saturated carbocycles. The van der Waals surface area contributed by atoms with Crippen molar-refractivity contribution in [2.24, 2.45) is 11.7 Å². The lowest BCUT2D eigenvalue weighted by molar-refractivity contribution is 0.176. The molecule has 0 spiro atoms. The molecule has 84 valence electrons. The molecule has 1 rings (SSSR count). The van der Waals surface area contributed by atoms with Crippen molar-refractivity contribution in [2.75, 3.05) is 26.2 Å². The fraction of sp³-hybridized carbons (Fsp3) is 1.00. The Morgan fingerprint density at radius 1 is 1.21 bits per heavy atom. The zero-order valence-electron chi connectivity index (χ0n) is 9.67. The van der Waals surface area contributed by atoms with Crippen LogP contribution >= 0.6 is 0 Å². The Kier molecular flexibility index (Phi) is 6.20. The van der Waals surface area contributed by atoms with Crippen LogP contribution in [0.3, 0.4) is 0 Å². The Morgan fingerprint density at radius 2 is 1.93 bits per heavy atom. The van der Waals surface area contributed by atoms with E-state index < -0.39 is 0 Å². The van der Waals surface area contributed by atoms with Gasteiger partial charge in [-0.05, 0) is 57.8 Å². The summed E-state index contributed by atoms with van der Waals surface area (Å²) < 4.78 is 0. The molecule has 1 saturated heterocycles. The molecule has 0 unspecified atom stereocenters. The van der Waals surface area contributed by atoms with Crippen molar-refractivity contribution in [1.82, 2.24) is 4.90 Å². The topological polar surface area (TPSA) is 29.3 Å².